The third-order valence-electron chi connectivity index (χ3n) is 3.29. The van der Waals surface area contributed by atoms with E-state index in [1.165, 1.54) is 0 Å². The van der Waals surface area contributed by atoms with Crippen LogP contribution in [0.15, 0.2) is 52.1 Å². The van der Waals surface area contributed by atoms with Crippen molar-refractivity contribution in [1.82, 2.24) is 10.2 Å². The highest BCUT2D eigenvalue weighted by atomic mass is 35.5. The topological polar surface area (TPSA) is 61.0 Å². The third kappa shape index (κ3) is 5.30. The van der Waals surface area contributed by atoms with Gasteiger partial charge in [-0.15, -0.1) is 0 Å². The number of hydrogen-bond acceptors (Lipinski definition) is 3. The Labute approximate surface area is 141 Å². The molecule has 124 valence electrons. The number of guanidine groups is 1. The molecule has 1 aromatic carbocycles. The van der Waals surface area contributed by atoms with Crippen molar-refractivity contribution in [3.63, 3.8) is 0 Å². The minimum atomic E-state index is -0.752. The lowest BCUT2D eigenvalue weighted by molar-refractivity contribution is 0.158. The van der Waals surface area contributed by atoms with Crippen molar-refractivity contribution in [2.45, 2.75) is 19.6 Å². The van der Waals surface area contributed by atoms with Crippen LogP contribution in [0.5, 0.6) is 0 Å². The van der Waals surface area contributed by atoms with Gasteiger partial charge in [-0.05, 0) is 36.8 Å². The van der Waals surface area contributed by atoms with E-state index in [2.05, 4.69) is 10.3 Å². The summed E-state index contributed by atoms with van der Waals surface area (Å²) in [4.78, 5) is 6.47. The quantitative estimate of drug-likeness (QED) is 0.629. The van der Waals surface area contributed by atoms with E-state index in [0.29, 0.717) is 17.3 Å². The SMILES string of the molecule is CCNC(=NCC(O)c1ccco1)N(C)Cc1cccc(Cl)c1. The van der Waals surface area contributed by atoms with Crippen LogP contribution in [0, 0.1) is 0 Å². The lowest BCUT2D eigenvalue weighted by atomic mass is 10.2. The molecule has 1 atom stereocenters. The van der Waals surface area contributed by atoms with E-state index in [0.717, 1.165) is 18.1 Å². The monoisotopic (exact) mass is 335 g/mol. The summed E-state index contributed by atoms with van der Waals surface area (Å²) in [5.41, 5.74) is 1.09. The fourth-order valence-electron chi connectivity index (χ4n) is 2.20. The maximum atomic E-state index is 10.1. The van der Waals surface area contributed by atoms with Crippen molar-refractivity contribution in [3.05, 3.63) is 59.0 Å². The molecule has 0 aliphatic rings. The first kappa shape index (κ1) is 17.4. The van der Waals surface area contributed by atoms with Gasteiger partial charge >= 0.3 is 0 Å². The minimum Gasteiger partial charge on any atom is -0.467 e. The standard InChI is InChI=1S/C17H22ClN3O2/c1-3-19-17(20-11-15(22)16-8-5-9-23-16)21(2)12-13-6-4-7-14(18)10-13/h4-10,15,22H,3,11-12H2,1-2H3,(H,19,20). The van der Waals surface area contributed by atoms with Crippen LogP contribution >= 0.6 is 11.6 Å². The largest absolute Gasteiger partial charge is 0.467 e. The van der Waals surface area contributed by atoms with Crippen molar-refractivity contribution >= 4 is 17.6 Å². The van der Waals surface area contributed by atoms with Crippen LogP contribution in [0.4, 0.5) is 0 Å². The fourth-order valence-corrected chi connectivity index (χ4v) is 2.41. The first-order valence-electron chi connectivity index (χ1n) is 7.55. The number of nitrogens with zero attached hydrogens (tertiary/aromatic N) is 2. The van der Waals surface area contributed by atoms with Gasteiger partial charge in [-0.2, -0.15) is 0 Å². The number of aliphatic hydroxyl groups excluding tert-OH is 1. The van der Waals surface area contributed by atoms with Crippen LogP contribution in [-0.4, -0.2) is 36.1 Å². The Hall–Kier alpha value is -1.98. The average Bonchev–Trinajstić information content (AvgIpc) is 3.05. The van der Waals surface area contributed by atoms with E-state index in [1.54, 1.807) is 18.4 Å². The van der Waals surface area contributed by atoms with Crippen LogP contribution in [-0.2, 0) is 6.54 Å². The maximum Gasteiger partial charge on any atom is 0.194 e. The zero-order chi connectivity index (χ0) is 16.7. The van der Waals surface area contributed by atoms with E-state index in [9.17, 15) is 5.11 Å². The second-order valence-corrected chi connectivity index (χ2v) is 5.65. The summed E-state index contributed by atoms with van der Waals surface area (Å²) in [5.74, 6) is 1.24. The Kier molecular flexibility index (Phi) is 6.50. The first-order chi connectivity index (χ1) is 11.1. The molecule has 2 N–H and O–H groups in total. The summed E-state index contributed by atoms with van der Waals surface area (Å²) in [5, 5.41) is 14.0. The molecule has 23 heavy (non-hydrogen) atoms. The zero-order valence-electron chi connectivity index (χ0n) is 13.4. The second kappa shape index (κ2) is 8.60. The van der Waals surface area contributed by atoms with Crippen molar-refractivity contribution in [2.75, 3.05) is 20.1 Å². The van der Waals surface area contributed by atoms with E-state index >= 15 is 0 Å². The number of aliphatic imine (C=N–C) groups is 1. The molecule has 5 nitrogen and oxygen atoms in total. The van der Waals surface area contributed by atoms with Crippen LogP contribution in [0.1, 0.15) is 24.4 Å². The highest BCUT2D eigenvalue weighted by molar-refractivity contribution is 6.30. The summed E-state index contributed by atoms with van der Waals surface area (Å²) in [6.07, 6.45) is 0.789. The molecular formula is C17H22ClN3O2. The third-order valence-corrected chi connectivity index (χ3v) is 3.53. The predicted octanol–water partition coefficient (Wildman–Crippen LogP) is 3.06. The molecule has 0 fully saturated rings. The van der Waals surface area contributed by atoms with Gasteiger partial charge in [-0.3, -0.25) is 0 Å². The van der Waals surface area contributed by atoms with Gasteiger partial charge in [-0.25, -0.2) is 4.99 Å². The summed E-state index contributed by atoms with van der Waals surface area (Å²) in [7, 11) is 1.95. The van der Waals surface area contributed by atoms with Gasteiger partial charge in [0.25, 0.3) is 0 Å². The number of halogens is 1. The van der Waals surface area contributed by atoms with Crippen molar-refractivity contribution in [1.29, 1.82) is 0 Å². The average molecular weight is 336 g/mol. The van der Waals surface area contributed by atoms with Crippen LogP contribution in [0.2, 0.25) is 5.02 Å². The summed E-state index contributed by atoms with van der Waals surface area (Å²) in [6, 6.07) is 11.2. The lowest BCUT2D eigenvalue weighted by Crippen LogP contribution is -2.38. The van der Waals surface area contributed by atoms with Gasteiger partial charge in [0.15, 0.2) is 5.96 Å². The van der Waals surface area contributed by atoms with E-state index in [-0.39, 0.29) is 6.54 Å². The molecule has 0 amide bonds. The Morgan fingerprint density at radius 1 is 1.39 bits per heavy atom. The number of rotatable bonds is 6. The molecule has 2 rings (SSSR count). The zero-order valence-corrected chi connectivity index (χ0v) is 14.1. The van der Waals surface area contributed by atoms with Crippen molar-refractivity contribution in [3.8, 4) is 0 Å². The van der Waals surface area contributed by atoms with E-state index in [1.807, 2.05) is 43.1 Å². The normalized spacial score (nSPS) is 13.0. The molecule has 0 aliphatic heterocycles. The Balaban J connectivity index is 2.02. The Morgan fingerprint density at radius 3 is 2.87 bits per heavy atom. The molecule has 0 bridgehead atoms. The summed E-state index contributed by atoms with van der Waals surface area (Å²) < 4.78 is 5.19. The first-order valence-corrected chi connectivity index (χ1v) is 7.93. The highest BCUT2D eigenvalue weighted by Crippen LogP contribution is 2.14. The lowest BCUT2D eigenvalue weighted by Gasteiger charge is -2.22. The molecular weight excluding hydrogens is 314 g/mol. The van der Waals surface area contributed by atoms with Gasteiger partial charge in [0.1, 0.15) is 11.9 Å². The molecule has 1 heterocycles. The number of aliphatic hydroxyl groups is 1. The smallest absolute Gasteiger partial charge is 0.194 e. The van der Waals surface area contributed by atoms with E-state index in [4.69, 9.17) is 16.0 Å². The molecule has 0 spiro atoms. The number of benzene rings is 1. The van der Waals surface area contributed by atoms with E-state index < -0.39 is 6.10 Å². The van der Waals surface area contributed by atoms with Gasteiger partial charge in [0.2, 0.25) is 0 Å². The molecule has 6 heteroatoms. The maximum absolute atomic E-state index is 10.1. The predicted molar refractivity (Wildman–Crippen MR) is 92.6 cm³/mol. The van der Waals surface area contributed by atoms with Gasteiger partial charge in [0.05, 0.1) is 12.8 Å². The molecule has 2 aromatic rings. The van der Waals surface area contributed by atoms with Gasteiger partial charge in [0, 0.05) is 25.2 Å². The molecule has 0 aliphatic carbocycles. The number of nitrogens with one attached hydrogen (secondary N) is 1. The van der Waals surface area contributed by atoms with Crippen LogP contribution < -0.4 is 5.32 Å². The van der Waals surface area contributed by atoms with Crippen molar-refractivity contribution in [2.24, 2.45) is 4.99 Å². The molecule has 1 aromatic heterocycles. The molecule has 1 unspecified atom stereocenters. The Morgan fingerprint density at radius 2 is 2.22 bits per heavy atom. The number of hydrogen-bond donors (Lipinski definition) is 2. The molecule has 0 radical (unpaired) electrons. The molecule has 0 saturated heterocycles. The fraction of sp³-hybridized carbons (Fsp3) is 0.353. The summed E-state index contributed by atoms with van der Waals surface area (Å²) in [6.45, 7) is 3.65. The van der Waals surface area contributed by atoms with Crippen molar-refractivity contribution < 1.29 is 9.52 Å². The Bertz CT molecular complexity index is 629. The minimum absolute atomic E-state index is 0.232. The highest BCUT2D eigenvalue weighted by Gasteiger charge is 2.12. The number of furan rings is 1. The van der Waals surface area contributed by atoms with Crippen LogP contribution in [0.25, 0.3) is 0 Å². The molecule has 0 saturated carbocycles. The van der Waals surface area contributed by atoms with Gasteiger partial charge in [-0.1, -0.05) is 23.7 Å². The second-order valence-electron chi connectivity index (χ2n) is 5.21. The summed E-state index contributed by atoms with van der Waals surface area (Å²) >= 11 is 6.02. The van der Waals surface area contributed by atoms with Gasteiger partial charge < -0.3 is 19.7 Å². The van der Waals surface area contributed by atoms with Crippen LogP contribution in [0.3, 0.4) is 0 Å².